The van der Waals surface area contributed by atoms with Crippen molar-refractivity contribution in [3.05, 3.63) is 58.7 Å². The van der Waals surface area contributed by atoms with Crippen molar-refractivity contribution >= 4 is 15.9 Å². The van der Waals surface area contributed by atoms with Crippen molar-refractivity contribution in [2.45, 2.75) is 44.2 Å². The van der Waals surface area contributed by atoms with Crippen LogP contribution in [0.25, 0.3) is 11.6 Å². The minimum Gasteiger partial charge on any atom is -0.461 e. The molecule has 2 heterocycles. The van der Waals surface area contributed by atoms with Crippen molar-refractivity contribution < 1.29 is 17.6 Å². The van der Waals surface area contributed by atoms with E-state index < -0.39 is 10.0 Å². The van der Waals surface area contributed by atoms with E-state index in [1.807, 2.05) is 0 Å². The first kappa shape index (κ1) is 23.0. The monoisotopic (exact) mass is 473 g/mol. The highest BCUT2D eigenvalue weighted by atomic mass is 32.2. The number of nitrogens with zero attached hydrogens (tertiary/aromatic N) is 4. The molecule has 0 saturated heterocycles. The highest BCUT2D eigenvalue weighted by molar-refractivity contribution is 7.89. The minimum absolute atomic E-state index is 0.132. The predicted octanol–water partition coefficient (Wildman–Crippen LogP) is 2.10. The van der Waals surface area contributed by atoms with Crippen LogP contribution in [0.15, 0.2) is 56.8 Å². The van der Waals surface area contributed by atoms with Crippen LogP contribution in [0.2, 0.25) is 0 Å². The number of furan rings is 1. The average Bonchev–Trinajstić information content (AvgIpc) is 3.38. The Morgan fingerprint density at radius 1 is 1.18 bits per heavy atom. The van der Waals surface area contributed by atoms with Crippen LogP contribution in [-0.4, -0.2) is 52.6 Å². The second-order valence-corrected chi connectivity index (χ2v) is 9.72. The van der Waals surface area contributed by atoms with Crippen molar-refractivity contribution in [2.75, 3.05) is 19.6 Å². The number of nitrogens with one attached hydrogen (secondary N) is 1. The van der Waals surface area contributed by atoms with Crippen molar-refractivity contribution in [1.82, 2.24) is 24.0 Å². The summed E-state index contributed by atoms with van der Waals surface area (Å²) in [6, 6.07) is 9.46. The van der Waals surface area contributed by atoms with Crippen molar-refractivity contribution in [2.24, 2.45) is 0 Å². The molecule has 2 aromatic heterocycles. The summed E-state index contributed by atoms with van der Waals surface area (Å²) in [5.74, 6) is 0.660. The number of carbonyl (C=O) groups excluding carboxylic acids is 1. The molecule has 1 aromatic carbocycles. The summed E-state index contributed by atoms with van der Waals surface area (Å²) in [4.78, 5) is 25.4. The van der Waals surface area contributed by atoms with Gasteiger partial charge >= 0.3 is 5.69 Å². The summed E-state index contributed by atoms with van der Waals surface area (Å²) in [7, 11) is -3.58. The molecule has 1 saturated carbocycles. The Labute approximate surface area is 191 Å². The van der Waals surface area contributed by atoms with Crippen molar-refractivity contribution in [1.29, 1.82) is 0 Å². The van der Waals surface area contributed by atoms with Gasteiger partial charge in [-0.1, -0.05) is 13.8 Å². The van der Waals surface area contributed by atoms with Gasteiger partial charge in [0.25, 0.3) is 5.91 Å². The minimum atomic E-state index is -3.58. The topological polar surface area (TPSA) is 119 Å². The molecule has 1 aliphatic carbocycles. The Kier molecular flexibility index (Phi) is 6.52. The second-order valence-electron chi connectivity index (χ2n) is 7.78. The van der Waals surface area contributed by atoms with Gasteiger partial charge in [0.05, 0.1) is 17.7 Å². The number of hydrogen-bond donors (Lipinski definition) is 1. The summed E-state index contributed by atoms with van der Waals surface area (Å²) < 4.78 is 34.9. The molecule has 0 bridgehead atoms. The molecule has 1 amide bonds. The Hall–Kier alpha value is -3.18. The van der Waals surface area contributed by atoms with Gasteiger partial charge in [-0.3, -0.25) is 9.36 Å². The Bertz CT molecular complexity index is 1270. The van der Waals surface area contributed by atoms with Crippen LogP contribution in [-0.2, 0) is 16.6 Å². The Balaban J connectivity index is 1.41. The lowest BCUT2D eigenvalue weighted by atomic mass is 10.2. The fraction of sp³-hybridized carbons (Fsp3) is 0.409. The molecule has 11 heteroatoms. The third kappa shape index (κ3) is 4.64. The van der Waals surface area contributed by atoms with E-state index in [1.165, 1.54) is 39.5 Å². The van der Waals surface area contributed by atoms with Crippen molar-refractivity contribution in [3.63, 3.8) is 0 Å². The molecule has 33 heavy (non-hydrogen) atoms. The molecular weight excluding hydrogens is 446 g/mol. The van der Waals surface area contributed by atoms with E-state index >= 15 is 0 Å². The first-order valence-corrected chi connectivity index (χ1v) is 12.4. The highest BCUT2D eigenvalue weighted by Gasteiger charge is 2.31. The largest absolute Gasteiger partial charge is 0.461 e. The van der Waals surface area contributed by atoms with Crippen LogP contribution < -0.4 is 11.0 Å². The number of amides is 1. The smallest absolute Gasteiger partial charge is 0.346 e. The predicted molar refractivity (Wildman–Crippen MR) is 121 cm³/mol. The molecule has 1 aliphatic rings. The molecule has 3 aromatic rings. The zero-order valence-electron chi connectivity index (χ0n) is 18.6. The van der Waals surface area contributed by atoms with Crippen LogP contribution in [0.4, 0.5) is 0 Å². The third-order valence-corrected chi connectivity index (χ3v) is 7.66. The molecule has 0 atom stereocenters. The van der Waals surface area contributed by atoms with Gasteiger partial charge in [0, 0.05) is 31.2 Å². The van der Waals surface area contributed by atoms with Crippen LogP contribution in [0, 0.1) is 0 Å². The SMILES string of the molecule is CCN(CC)S(=O)(=O)c1ccc(C(=O)NCCn2nc(-c3ccco3)n(C3CC3)c2=O)cc1. The normalized spacial score (nSPS) is 14.0. The summed E-state index contributed by atoms with van der Waals surface area (Å²) in [6.07, 6.45) is 3.39. The Morgan fingerprint density at radius 3 is 2.45 bits per heavy atom. The second kappa shape index (κ2) is 9.36. The third-order valence-electron chi connectivity index (χ3n) is 5.59. The van der Waals surface area contributed by atoms with Gasteiger partial charge < -0.3 is 9.73 Å². The van der Waals surface area contributed by atoms with E-state index in [1.54, 1.807) is 30.5 Å². The van der Waals surface area contributed by atoms with E-state index in [-0.39, 0.29) is 35.6 Å². The van der Waals surface area contributed by atoms with Crippen LogP contribution in [0.1, 0.15) is 43.1 Å². The fourth-order valence-electron chi connectivity index (χ4n) is 3.67. The lowest BCUT2D eigenvalue weighted by Crippen LogP contribution is -2.32. The van der Waals surface area contributed by atoms with Gasteiger partial charge in [-0.2, -0.15) is 4.31 Å². The lowest BCUT2D eigenvalue weighted by molar-refractivity contribution is 0.0951. The van der Waals surface area contributed by atoms with Crippen LogP contribution in [0.5, 0.6) is 0 Å². The zero-order chi connectivity index (χ0) is 23.6. The van der Waals surface area contributed by atoms with Gasteiger partial charge in [-0.15, -0.1) is 5.10 Å². The van der Waals surface area contributed by atoms with E-state index in [2.05, 4.69) is 10.4 Å². The van der Waals surface area contributed by atoms with Gasteiger partial charge in [-0.25, -0.2) is 17.9 Å². The maximum Gasteiger partial charge on any atom is 0.346 e. The van der Waals surface area contributed by atoms with E-state index in [9.17, 15) is 18.0 Å². The number of aromatic nitrogens is 3. The molecule has 176 valence electrons. The first-order chi connectivity index (χ1) is 15.9. The molecule has 1 N–H and O–H groups in total. The number of carbonyl (C=O) groups is 1. The maximum atomic E-state index is 12.8. The number of hydrogen-bond acceptors (Lipinski definition) is 6. The lowest BCUT2D eigenvalue weighted by Gasteiger charge is -2.18. The van der Waals surface area contributed by atoms with Crippen molar-refractivity contribution in [3.8, 4) is 11.6 Å². The summed E-state index contributed by atoms with van der Waals surface area (Å²) in [5, 5.41) is 7.16. The molecule has 0 spiro atoms. The van der Waals surface area contributed by atoms with Gasteiger partial charge in [0.1, 0.15) is 0 Å². The molecule has 0 aliphatic heterocycles. The molecule has 10 nitrogen and oxygen atoms in total. The van der Waals surface area contributed by atoms with Crippen LogP contribution >= 0.6 is 0 Å². The Morgan fingerprint density at radius 2 is 1.88 bits per heavy atom. The van der Waals surface area contributed by atoms with Gasteiger partial charge in [0.15, 0.2) is 5.76 Å². The zero-order valence-corrected chi connectivity index (χ0v) is 19.4. The summed E-state index contributed by atoms with van der Waals surface area (Å²) in [6.45, 7) is 4.69. The summed E-state index contributed by atoms with van der Waals surface area (Å²) >= 11 is 0. The number of sulfonamides is 1. The summed E-state index contributed by atoms with van der Waals surface area (Å²) in [5.41, 5.74) is 0.102. The first-order valence-electron chi connectivity index (χ1n) is 11.0. The fourth-order valence-corrected chi connectivity index (χ4v) is 5.13. The number of rotatable bonds is 10. The van der Waals surface area contributed by atoms with E-state index in [4.69, 9.17) is 4.42 Å². The van der Waals surface area contributed by atoms with Gasteiger partial charge in [0.2, 0.25) is 15.8 Å². The number of benzene rings is 1. The average molecular weight is 474 g/mol. The molecular formula is C22H27N5O5S. The quantitative estimate of drug-likeness (QED) is 0.482. The van der Waals surface area contributed by atoms with E-state index in [0.717, 1.165) is 12.8 Å². The van der Waals surface area contributed by atoms with Crippen LogP contribution in [0.3, 0.4) is 0 Å². The molecule has 1 fully saturated rings. The standard InChI is InChI=1S/C22H27N5O5S/c1-3-25(4-2)33(30,31)18-11-7-16(8-12-18)21(28)23-13-14-26-22(29)27(17-9-10-17)20(24-26)19-6-5-15-32-19/h5-8,11-12,15,17H,3-4,9-10,13-14H2,1-2H3,(H,23,28). The molecule has 0 unspecified atom stereocenters. The van der Waals surface area contributed by atoms with Gasteiger partial charge in [-0.05, 0) is 49.2 Å². The van der Waals surface area contributed by atoms with E-state index in [0.29, 0.717) is 30.2 Å². The molecule has 4 rings (SSSR count). The molecule has 0 radical (unpaired) electrons. The maximum absolute atomic E-state index is 12.8. The highest BCUT2D eigenvalue weighted by Crippen LogP contribution is 2.36.